The molecule has 3 rings (SSSR count). The standard InChI is InChI=1S/C15H22N4OS/c1-2-16-15-18-13(12-7-10-21-14(12)19-15)17-8-9-20-11-5-3-4-6-11/h7,10-11H,2-6,8-9H2,1H3,(H2,16,17,18,19). The Morgan fingerprint density at radius 1 is 1.29 bits per heavy atom. The third kappa shape index (κ3) is 3.63. The highest BCUT2D eigenvalue weighted by atomic mass is 32.1. The number of anilines is 2. The van der Waals surface area contributed by atoms with Crippen LogP contribution in [0.1, 0.15) is 32.6 Å². The molecule has 0 aromatic carbocycles. The molecule has 2 aromatic rings. The van der Waals surface area contributed by atoms with Crippen molar-refractivity contribution in [2.24, 2.45) is 0 Å². The molecule has 0 atom stereocenters. The fourth-order valence-electron chi connectivity index (χ4n) is 2.68. The predicted molar refractivity (Wildman–Crippen MR) is 88.3 cm³/mol. The minimum atomic E-state index is 0.468. The van der Waals surface area contributed by atoms with Crippen LogP contribution in [0.4, 0.5) is 11.8 Å². The van der Waals surface area contributed by atoms with Crippen LogP contribution in [0.25, 0.3) is 10.2 Å². The Morgan fingerprint density at radius 3 is 2.95 bits per heavy atom. The van der Waals surface area contributed by atoms with Gasteiger partial charge in [0.15, 0.2) is 0 Å². The molecule has 114 valence electrons. The van der Waals surface area contributed by atoms with Crippen molar-refractivity contribution < 1.29 is 4.74 Å². The van der Waals surface area contributed by atoms with Gasteiger partial charge in [-0.2, -0.15) is 4.98 Å². The fraction of sp³-hybridized carbons (Fsp3) is 0.600. The van der Waals surface area contributed by atoms with E-state index in [-0.39, 0.29) is 0 Å². The van der Waals surface area contributed by atoms with E-state index in [4.69, 9.17) is 4.74 Å². The summed E-state index contributed by atoms with van der Waals surface area (Å²) in [6.07, 6.45) is 5.52. The molecule has 0 unspecified atom stereocenters. The molecule has 2 heterocycles. The Bertz CT molecular complexity index is 580. The van der Waals surface area contributed by atoms with Crippen LogP contribution in [0.5, 0.6) is 0 Å². The van der Waals surface area contributed by atoms with Crippen molar-refractivity contribution in [3.05, 3.63) is 11.4 Å². The Kier molecular flexibility index (Phi) is 4.87. The van der Waals surface area contributed by atoms with Gasteiger partial charge in [0.1, 0.15) is 10.6 Å². The van der Waals surface area contributed by atoms with Crippen molar-refractivity contribution >= 4 is 33.3 Å². The number of thiophene rings is 1. The fourth-order valence-corrected chi connectivity index (χ4v) is 3.44. The van der Waals surface area contributed by atoms with Gasteiger partial charge in [-0.3, -0.25) is 0 Å². The van der Waals surface area contributed by atoms with Crippen molar-refractivity contribution in [3.8, 4) is 0 Å². The molecule has 2 N–H and O–H groups in total. The molecule has 0 bridgehead atoms. The Labute approximate surface area is 129 Å². The zero-order valence-electron chi connectivity index (χ0n) is 12.4. The van der Waals surface area contributed by atoms with Gasteiger partial charge in [-0.1, -0.05) is 12.8 Å². The van der Waals surface area contributed by atoms with Crippen molar-refractivity contribution in [2.45, 2.75) is 38.7 Å². The Hall–Kier alpha value is -1.40. The van der Waals surface area contributed by atoms with E-state index < -0.39 is 0 Å². The number of hydrogen-bond donors (Lipinski definition) is 2. The Morgan fingerprint density at radius 2 is 2.14 bits per heavy atom. The topological polar surface area (TPSA) is 59.1 Å². The summed E-state index contributed by atoms with van der Waals surface area (Å²) >= 11 is 1.64. The minimum Gasteiger partial charge on any atom is -0.376 e. The SMILES string of the molecule is CCNc1nc(NCCOC2CCCC2)c2ccsc2n1. The number of aromatic nitrogens is 2. The maximum absolute atomic E-state index is 5.88. The molecule has 0 saturated heterocycles. The summed E-state index contributed by atoms with van der Waals surface area (Å²) in [7, 11) is 0. The molecule has 5 nitrogen and oxygen atoms in total. The van der Waals surface area contributed by atoms with E-state index in [2.05, 4.69) is 32.0 Å². The lowest BCUT2D eigenvalue weighted by Gasteiger charge is -2.12. The van der Waals surface area contributed by atoms with Crippen LogP contribution < -0.4 is 10.6 Å². The number of nitrogens with zero attached hydrogens (tertiary/aromatic N) is 2. The molecule has 0 spiro atoms. The monoisotopic (exact) mass is 306 g/mol. The van der Waals surface area contributed by atoms with E-state index in [1.54, 1.807) is 11.3 Å². The molecule has 1 saturated carbocycles. The smallest absolute Gasteiger partial charge is 0.226 e. The second kappa shape index (κ2) is 7.04. The van der Waals surface area contributed by atoms with Gasteiger partial charge in [0.05, 0.1) is 18.1 Å². The van der Waals surface area contributed by atoms with E-state index in [9.17, 15) is 0 Å². The zero-order chi connectivity index (χ0) is 14.5. The third-order valence-electron chi connectivity index (χ3n) is 3.71. The molecule has 2 aromatic heterocycles. The maximum atomic E-state index is 5.88. The molecule has 21 heavy (non-hydrogen) atoms. The highest BCUT2D eigenvalue weighted by Crippen LogP contribution is 2.26. The summed E-state index contributed by atoms with van der Waals surface area (Å²) in [5.41, 5.74) is 0. The van der Waals surface area contributed by atoms with Crippen LogP contribution in [0.2, 0.25) is 0 Å². The molecule has 1 fully saturated rings. The normalized spacial score (nSPS) is 15.7. The summed E-state index contributed by atoms with van der Waals surface area (Å²) in [4.78, 5) is 10.1. The van der Waals surface area contributed by atoms with Gasteiger partial charge in [0.2, 0.25) is 5.95 Å². The van der Waals surface area contributed by atoms with Gasteiger partial charge in [-0.25, -0.2) is 4.98 Å². The third-order valence-corrected chi connectivity index (χ3v) is 4.52. The van der Waals surface area contributed by atoms with Gasteiger partial charge in [0, 0.05) is 13.1 Å². The van der Waals surface area contributed by atoms with Crippen LogP contribution in [-0.4, -0.2) is 35.8 Å². The number of fused-ring (bicyclic) bond motifs is 1. The first-order valence-corrected chi connectivity index (χ1v) is 8.59. The van der Waals surface area contributed by atoms with Crippen LogP contribution in [-0.2, 0) is 4.74 Å². The number of rotatable bonds is 7. The maximum Gasteiger partial charge on any atom is 0.226 e. The zero-order valence-corrected chi connectivity index (χ0v) is 13.2. The van der Waals surface area contributed by atoms with E-state index in [0.717, 1.165) is 35.7 Å². The second-order valence-electron chi connectivity index (χ2n) is 5.27. The first-order chi connectivity index (χ1) is 10.4. The molecular formula is C15H22N4OS. The highest BCUT2D eigenvalue weighted by Gasteiger charge is 2.15. The van der Waals surface area contributed by atoms with E-state index >= 15 is 0 Å². The van der Waals surface area contributed by atoms with Gasteiger partial charge in [-0.15, -0.1) is 11.3 Å². The lowest BCUT2D eigenvalue weighted by molar-refractivity contribution is 0.0659. The lowest BCUT2D eigenvalue weighted by atomic mass is 10.3. The first-order valence-electron chi connectivity index (χ1n) is 7.71. The average molecular weight is 306 g/mol. The quantitative estimate of drug-likeness (QED) is 0.767. The van der Waals surface area contributed by atoms with Gasteiger partial charge in [-0.05, 0) is 31.2 Å². The van der Waals surface area contributed by atoms with Gasteiger partial charge < -0.3 is 15.4 Å². The van der Waals surface area contributed by atoms with Gasteiger partial charge >= 0.3 is 0 Å². The lowest BCUT2D eigenvalue weighted by Crippen LogP contribution is -2.16. The first kappa shape index (κ1) is 14.5. The highest BCUT2D eigenvalue weighted by molar-refractivity contribution is 7.16. The van der Waals surface area contributed by atoms with Crippen LogP contribution in [0.3, 0.4) is 0 Å². The molecule has 0 radical (unpaired) electrons. The van der Waals surface area contributed by atoms with E-state index in [1.165, 1.54) is 25.7 Å². The van der Waals surface area contributed by atoms with Crippen molar-refractivity contribution in [2.75, 3.05) is 30.3 Å². The molecule has 0 aliphatic heterocycles. The van der Waals surface area contributed by atoms with Crippen LogP contribution in [0.15, 0.2) is 11.4 Å². The summed E-state index contributed by atoms with van der Waals surface area (Å²) < 4.78 is 5.88. The van der Waals surface area contributed by atoms with E-state index in [1.807, 2.05) is 6.92 Å². The Balaban J connectivity index is 1.60. The summed E-state index contributed by atoms with van der Waals surface area (Å²) in [5, 5.41) is 9.70. The van der Waals surface area contributed by atoms with Crippen molar-refractivity contribution in [1.29, 1.82) is 0 Å². The summed E-state index contributed by atoms with van der Waals surface area (Å²) in [6.45, 7) is 4.38. The number of ether oxygens (including phenoxy) is 1. The molecule has 1 aliphatic carbocycles. The molecule has 1 aliphatic rings. The molecular weight excluding hydrogens is 284 g/mol. The molecule has 0 amide bonds. The second-order valence-corrected chi connectivity index (χ2v) is 6.16. The van der Waals surface area contributed by atoms with Crippen LogP contribution >= 0.6 is 11.3 Å². The average Bonchev–Trinajstić information content (AvgIpc) is 3.14. The molecule has 6 heteroatoms. The summed E-state index contributed by atoms with van der Waals surface area (Å²) in [5.74, 6) is 1.58. The van der Waals surface area contributed by atoms with E-state index in [0.29, 0.717) is 12.1 Å². The largest absolute Gasteiger partial charge is 0.376 e. The number of hydrogen-bond acceptors (Lipinski definition) is 6. The summed E-state index contributed by atoms with van der Waals surface area (Å²) in [6, 6.07) is 2.07. The van der Waals surface area contributed by atoms with Crippen molar-refractivity contribution in [1.82, 2.24) is 9.97 Å². The predicted octanol–water partition coefficient (Wildman–Crippen LogP) is 3.49. The van der Waals surface area contributed by atoms with Crippen LogP contribution in [0, 0.1) is 0 Å². The van der Waals surface area contributed by atoms with Crippen molar-refractivity contribution in [3.63, 3.8) is 0 Å². The van der Waals surface area contributed by atoms with Gasteiger partial charge in [0.25, 0.3) is 0 Å². The number of nitrogens with one attached hydrogen (secondary N) is 2. The minimum absolute atomic E-state index is 0.468.